The smallest absolute Gasteiger partial charge is 0.165 e. The van der Waals surface area contributed by atoms with E-state index in [0.29, 0.717) is 21.9 Å². The number of hydrogen-bond donors (Lipinski definition) is 2. The molecule has 3 aromatic rings. The fraction of sp³-hybridized carbons (Fsp3) is 0.0625. The molecule has 2 aromatic heterocycles. The van der Waals surface area contributed by atoms with Crippen molar-refractivity contribution in [2.75, 3.05) is 0 Å². The van der Waals surface area contributed by atoms with Crippen LogP contribution in [0, 0.1) is 17.5 Å². The SMILES string of the molecule is C=C(NN)c1nc(Cc2c(F)ccc(F)c2F)n2cc(Cl)ccc12. The van der Waals surface area contributed by atoms with E-state index in [1.165, 1.54) is 0 Å². The lowest BCUT2D eigenvalue weighted by Crippen LogP contribution is -2.19. The minimum atomic E-state index is -1.24. The summed E-state index contributed by atoms with van der Waals surface area (Å²) in [4.78, 5) is 4.31. The van der Waals surface area contributed by atoms with Gasteiger partial charge in [-0.15, -0.1) is 0 Å². The molecule has 0 aliphatic rings. The second-order valence-electron chi connectivity index (χ2n) is 5.10. The fourth-order valence-electron chi connectivity index (χ4n) is 2.43. The predicted molar refractivity (Wildman–Crippen MR) is 85.7 cm³/mol. The van der Waals surface area contributed by atoms with E-state index in [1.807, 2.05) is 0 Å². The van der Waals surface area contributed by atoms with Gasteiger partial charge in [-0.05, 0) is 24.3 Å². The van der Waals surface area contributed by atoms with E-state index in [1.54, 1.807) is 22.7 Å². The molecule has 0 saturated carbocycles. The maximum Gasteiger partial charge on any atom is 0.165 e. The van der Waals surface area contributed by atoms with Gasteiger partial charge < -0.3 is 9.83 Å². The Morgan fingerprint density at radius 3 is 2.62 bits per heavy atom. The molecular weight excluding hydrogens is 341 g/mol. The molecule has 4 nitrogen and oxygen atoms in total. The zero-order valence-corrected chi connectivity index (χ0v) is 13.0. The number of rotatable bonds is 4. The summed E-state index contributed by atoms with van der Waals surface area (Å²) in [5, 5.41) is 0.402. The molecule has 24 heavy (non-hydrogen) atoms. The van der Waals surface area contributed by atoms with E-state index in [2.05, 4.69) is 17.0 Å². The highest BCUT2D eigenvalue weighted by Gasteiger charge is 2.19. The third kappa shape index (κ3) is 2.72. The average molecular weight is 353 g/mol. The van der Waals surface area contributed by atoms with E-state index in [4.69, 9.17) is 17.4 Å². The van der Waals surface area contributed by atoms with Crippen molar-refractivity contribution in [2.45, 2.75) is 6.42 Å². The highest BCUT2D eigenvalue weighted by atomic mass is 35.5. The minimum Gasteiger partial charge on any atom is -0.323 e. The number of hydrazine groups is 1. The fourth-order valence-corrected chi connectivity index (χ4v) is 2.59. The number of pyridine rings is 1. The van der Waals surface area contributed by atoms with Crippen LogP contribution in [0.2, 0.25) is 5.02 Å². The number of imidazole rings is 1. The average Bonchev–Trinajstić information content (AvgIpc) is 2.92. The van der Waals surface area contributed by atoms with Crippen molar-refractivity contribution in [3.05, 3.63) is 76.6 Å². The number of hydrogen-bond acceptors (Lipinski definition) is 3. The topological polar surface area (TPSA) is 55.3 Å². The summed E-state index contributed by atoms with van der Waals surface area (Å²) in [6, 6.07) is 4.92. The Morgan fingerprint density at radius 2 is 1.92 bits per heavy atom. The van der Waals surface area contributed by atoms with Gasteiger partial charge in [-0.1, -0.05) is 18.2 Å². The van der Waals surface area contributed by atoms with Crippen molar-refractivity contribution in [3.8, 4) is 0 Å². The molecule has 3 rings (SSSR count). The predicted octanol–water partition coefficient (Wildman–Crippen LogP) is 3.43. The Hall–Kier alpha value is -2.51. The van der Waals surface area contributed by atoms with E-state index in [-0.39, 0.29) is 12.2 Å². The maximum atomic E-state index is 13.9. The second kappa shape index (κ2) is 6.18. The standard InChI is InChI=1S/C16H12ClF3N4/c1-8(23-21)16-13-5-2-9(17)7-24(13)14(22-16)6-10-11(18)3-4-12(19)15(10)20/h2-5,7,23H,1,6,21H2. The molecule has 3 N–H and O–H groups in total. The van der Waals surface area contributed by atoms with Crippen LogP contribution in [0.5, 0.6) is 0 Å². The molecular formula is C16H12ClF3N4. The van der Waals surface area contributed by atoms with Crippen LogP contribution in [0.15, 0.2) is 37.0 Å². The van der Waals surface area contributed by atoms with Crippen molar-refractivity contribution < 1.29 is 13.2 Å². The summed E-state index contributed by atoms with van der Waals surface area (Å²) in [6.07, 6.45) is 1.27. The Morgan fingerprint density at radius 1 is 1.21 bits per heavy atom. The van der Waals surface area contributed by atoms with Gasteiger partial charge in [0.05, 0.1) is 16.2 Å². The lowest BCUT2D eigenvalue weighted by molar-refractivity contribution is 0.481. The zero-order valence-electron chi connectivity index (χ0n) is 12.3. The van der Waals surface area contributed by atoms with Crippen LogP contribution >= 0.6 is 11.6 Å². The van der Waals surface area contributed by atoms with E-state index < -0.39 is 23.0 Å². The van der Waals surface area contributed by atoms with Gasteiger partial charge in [0.15, 0.2) is 11.6 Å². The number of nitrogens with two attached hydrogens (primary N) is 1. The van der Waals surface area contributed by atoms with Gasteiger partial charge in [0, 0.05) is 18.2 Å². The quantitative estimate of drug-likeness (QED) is 0.430. The molecule has 0 bridgehead atoms. The first-order valence-corrected chi connectivity index (χ1v) is 7.25. The Kier molecular flexibility index (Phi) is 4.21. The molecule has 124 valence electrons. The van der Waals surface area contributed by atoms with Gasteiger partial charge >= 0.3 is 0 Å². The van der Waals surface area contributed by atoms with Crippen molar-refractivity contribution in [2.24, 2.45) is 5.84 Å². The van der Waals surface area contributed by atoms with Crippen LogP contribution in [-0.4, -0.2) is 9.38 Å². The Bertz CT molecular complexity index is 952. The molecule has 8 heteroatoms. The molecule has 0 saturated heterocycles. The molecule has 0 unspecified atom stereocenters. The number of fused-ring (bicyclic) bond motifs is 1. The summed E-state index contributed by atoms with van der Waals surface area (Å²) in [6.45, 7) is 3.73. The highest BCUT2D eigenvalue weighted by molar-refractivity contribution is 6.30. The molecule has 1 aromatic carbocycles. The van der Waals surface area contributed by atoms with Crippen LogP contribution < -0.4 is 11.3 Å². The number of aromatic nitrogens is 2. The summed E-state index contributed by atoms with van der Waals surface area (Å²) in [7, 11) is 0. The molecule has 0 radical (unpaired) electrons. The molecule has 0 atom stereocenters. The van der Waals surface area contributed by atoms with Gasteiger partial charge in [0.2, 0.25) is 0 Å². The number of benzene rings is 1. The first kappa shape index (κ1) is 16.4. The number of nitrogens with one attached hydrogen (secondary N) is 1. The third-order valence-corrected chi connectivity index (χ3v) is 3.83. The molecule has 0 amide bonds. The lowest BCUT2D eigenvalue weighted by atomic mass is 10.1. The van der Waals surface area contributed by atoms with Crippen LogP contribution in [0.1, 0.15) is 17.1 Å². The van der Waals surface area contributed by atoms with Crippen molar-refractivity contribution in [1.82, 2.24) is 14.8 Å². The van der Waals surface area contributed by atoms with Crippen LogP contribution in [0.25, 0.3) is 11.2 Å². The normalized spacial score (nSPS) is 11.0. The largest absolute Gasteiger partial charge is 0.323 e. The molecule has 0 fully saturated rings. The van der Waals surface area contributed by atoms with E-state index in [0.717, 1.165) is 12.1 Å². The van der Waals surface area contributed by atoms with Gasteiger partial charge in [-0.3, -0.25) is 5.84 Å². The number of halogens is 4. The summed E-state index contributed by atoms with van der Waals surface area (Å²) < 4.78 is 42.8. The first-order chi connectivity index (χ1) is 11.4. The lowest BCUT2D eigenvalue weighted by Gasteiger charge is -2.06. The van der Waals surface area contributed by atoms with E-state index >= 15 is 0 Å². The zero-order chi connectivity index (χ0) is 17.4. The Balaban J connectivity index is 2.18. The Labute approximate surface area is 140 Å². The summed E-state index contributed by atoms with van der Waals surface area (Å²) in [5.74, 6) is 2.40. The van der Waals surface area contributed by atoms with Gasteiger partial charge in [0.25, 0.3) is 0 Å². The van der Waals surface area contributed by atoms with Crippen molar-refractivity contribution in [1.29, 1.82) is 0 Å². The first-order valence-electron chi connectivity index (χ1n) is 6.87. The molecule has 0 aliphatic heterocycles. The van der Waals surface area contributed by atoms with Crippen LogP contribution in [0.4, 0.5) is 13.2 Å². The van der Waals surface area contributed by atoms with Gasteiger partial charge in [-0.25, -0.2) is 18.2 Å². The summed E-state index contributed by atoms with van der Waals surface area (Å²) in [5.41, 5.74) is 3.29. The maximum absolute atomic E-state index is 13.9. The van der Waals surface area contributed by atoms with Crippen LogP contribution in [-0.2, 0) is 6.42 Å². The molecule has 0 spiro atoms. The monoisotopic (exact) mass is 352 g/mol. The van der Waals surface area contributed by atoms with Crippen molar-refractivity contribution in [3.63, 3.8) is 0 Å². The highest BCUT2D eigenvalue weighted by Crippen LogP contribution is 2.24. The van der Waals surface area contributed by atoms with Gasteiger partial charge in [0.1, 0.15) is 17.3 Å². The van der Waals surface area contributed by atoms with Crippen molar-refractivity contribution >= 4 is 22.8 Å². The molecule has 2 heterocycles. The van der Waals surface area contributed by atoms with E-state index in [9.17, 15) is 13.2 Å². The third-order valence-electron chi connectivity index (χ3n) is 3.61. The van der Waals surface area contributed by atoms with Crippen LogP contribution in [0.3, 0.4) is 0 Å². The van der Waals surface area contributed by atoms with Gasteiger partial charge in [-0.2, -0.15) is 0 Å². The minimum absolute atomic E-state index is 0.266. The molecule has 0 aliphatic carbocycles. The summed E-state index contributed by atoms with van der Waals surface area (Å²) >= 11 is 5.98. The second-order valence-corrected chi connectivity index (χ2v) is 5.54. The number of nitrogens with zero attached hydrogens (tertiary/aromatic N) is 2.